The van der Waals surface area contributed by atoms with Gasteiger partial charge in [0.2, 0.25) is 0 Å². The summed E-state index contributed by atoms with van der Waals surface area (Å²) in [5, 5.41) is 8.42. The van der Waals surface area contributed by atoms with Gasteiger partial charge in [0, 0.05) is 0 Å². The second-order valence-electron chi connectivity index (χ2n) is 9.27. The lowest BCUT2D eigenvalue weighted by atomic mass is 10.1. The molecule has 0 unspecified atom stereocenters. The van der Waals surface area contributed by atoms with E-state index in [1.54, 1.807) is 24.3 Å². The normalized spacial score (nSPS) is 12.8. The quantitative estimate of drug-likeness (QED) is 0.0851. The molecule has 1 aliphatic heterocycles. The molecule has 1 aromatic rings. The van der Waals surface area contributed by atoms with Crippen LogP contribution in [0.3, 0.4) is 0 Å². The van der Waals surface area contributed by atoms with E-state index in [1.165, 1.54) is 4.90 Å². The molecule has 2 rings (SSSR count). The minimum Gasteiger partial charge on any atom is -0.480 e. The zero-order valence-corrected chi connectivity index (χ0v) is 25.9. The number of carboxylic acids is 1. The maximum atomic E-state index is 12.3. The smallest absolute Gasteiger partial charge is 0.329 e. The Bertz CT molecular complexity index is 899. The highest BCUT2D eigenvalue weighted by Crippen LogP contribution is 2.21. The first-order valence-electron chi connectivity index (χ1n) is 15.1. The lowest BCUT2D eigenvalue weighted by Crippen LogP contribution is -2.33. The Kier molecular flexibility index (Phi) is 22.8. The molecule has 2 amide bonds. The van der Waals surface area contributed by atoms with E-state index in [9.17, 15) is 14.4 Å². The van der Waals surface area contributed by atoms with Crippen molar-refractivity contribution in [2.75, 3.05) is 139 Å². The largest absolute Gasteiger partial charge is 0.480 e. The summed E-state index contributed by atoms with van der Waals surface area (Å²) in [5.74, 6) is -1.57. The topological polar surface area (TPSA) is 167 Å². The number of imide groups is 1. The Morgan fingerprint density at radius 1 is 0.467 bits per heavy atom. The number of hydrogen-bond donors (Lipinski definition) is 1. The van der Waals surface area contributed by atoms with Crippen molar-refractivity contribution >= 4 is 17.8 Å². The molecular weight excluding hydrogens is 598 g/mol. The monoisotopic (exact) mass is 645 g/mol. The molecule has 256 valence electrons. The van der Waals surface area contributed by atoms with Crippen LogP contribution in [0.5, 0.6) is 0 Å². The van der Waals surface area contributed by atoms with E-state index in [1.807, 2.05) is 0 Å². The zero-order chi connectivity index (χ0) is 32.2. The molecule has 0 fully saturated rings. The van der Waals surface area contributed by atoms with Crippen LogP contribution < -0.4 is 0 Å². The summed E-state index contributed by atoms with van der Waals surface area (Å²) in [7, 11) is 0. The van der Waals surface area contributed by atoms with Crippen molar-refractivity contribution in [2.45, 2.75) is 0 Å². The highest BCUT2D eigenvalue weighted by atomic mass is 16.6. The van der Waals surface area contributed by atoms with Crippen molar-refractivity contribution < 1.29 is 66.9 Å². The molecule has 15 heteroatoms. The molecular formula is C30H47NO14. The summed E-state index contributed by atoms with van der Waals surface area (Å²) in [5.41, 5.74) is 0.873. The minimum absolute atomic E-state index is 0.208. The highest BCUT2D eigenvalue weighted by Gasteiger charge is 2.34. The number of fused-ring (bicyclic) bond motifs is 1. The maximum Gasteiger partial charge on any atom is 0.329 e. The Hall–Kier alpha value is -2.57. The second kappa shape index (κ2) is 26.6. The highest BCUT2D eigenvalue weighted by molar-refractivity contribution is 6.21. The van der Waals surface area contributed by atoms with Gasteiger partial charge in [0.15, 0.2) is 0 Å². The van der Waals surface area contributed by atoms with Crippen LogP contribution in [0, 0.1) is 0 Å². The van der Waals surface area contributed by atoms with Gasteiger partial charge in [-0.2, -0.15) is 0 Å². The third-order valence-corrected chi connectivity index (χ3v) is 5.91. The molecule has 1 heterocycles. The van der Waals surface area contributed by atoms with Crippen molar-refractivity contribution in [1.29, 1.82) is 0 Å². The van der Waals surface area contributed by atoms with Crippen molar-refractivity contribution in [2.24, 2.45) is 0 Å². The van der Waals surface area contributed by atoms with Crippen molar-refractivity contribution in [3.8, 4) is 0 Å². The average Bonchev–Trinajstić information content (AvgIpc) is 3.28. The van der Waals surface area contributed by atoms with E-state index in [2.05, 4.69) is 0 Å². The van der Waals surface area contributed by atoms with Gasteiger partial charge in [-0.3, -0.25) is 14.5 Å². The van der Waals surface area contributed by atoms with Gasteiger partial charge in [0.05, 0.1) is 143 Å². The van der Waals surface area contributed by atoms with Gasteiger partial charge < -0.3 is 52.5 Å². The summed E-state index contributed by atoms with van der Waals surface area (Å²) < 4.78 is 53.5. The van der Waals surface area contributed by atoms with Crippen LogP contribution in [0.15, 0.2) is 24.3 Å². The van der Waals surface area contributed by atoms with Gasteiger partial charge >= 0.3 is 5.97 Å². The SMILES string of the molecule is O=C(O)COCCOCCOCCOCCOCCOCCOCCOCCOCCOCCN1C(=O)c2ccccc2C1=O. The summed E-state index contributed by atoms with van der Waals surface area (Å²) >= 11 is 0. The molecule has 0 aromatic heterocycles. The summed E-state index contributed by atoms with van der Waals surface area (Å²) in [4.78, 5) is 36.0. The fourth-order valence-electron chi connectivity index (χ4n) is 3.74. The van der Waals surface area contributed by atoms with Gasteiger partial charge in [-0.1, -0.05) is 12.1 Å². The number of hydrogen-bond acceptors (Lipinski definition) is 13. The van der Waals surface area contributed by atoms with Gasteiger partial charge in [0.25, 0.3) is 11.8 Å². The van der Waals surface area contributed by atoms with E-state index in [4.69, 9.17) is 52.5 Å². The van der Waals surface area contributed by atoms with Crippen LogP contribution in [0.4, 0.5) is 0 Å². The molecule has 1 N–H and O–H groups in total. The van der Waals surface area contributed by atoms with E-state index < -0.39 is 5.97 Å². The van der Waals surface area contributed by atoms with Crippen LogP contribution in [-0.2, 0) is 52.2 Å². The summed E-state index contributed by atoms with van der Waals surface area (Å²) in [6.07, 6.45) is 0. The lowest BCUT2D eigenvalue weighted by Gasteiger charge is -2.13. The number of amides is 2. The predicted molar refractivity (Wildman–Crippen MR) is 158 cm³/mol. The van der Waals surface area contributed by atoms with Crippen LogP contribution in [-0.4, -0.2) is 166 Å². The van der Waals surface area contributed by atoms with E-state index in [0.717, 1.165) is 0 Å². The summed E-state index contributed by atoms with van der Waals surface area (Å²) in [6.45, 7) is 7.73. The second-order valence-corrected chi connectivity index (χ2v) is 9.27. The number of benzene rings is 1. The van der Waals surface area contributed by atoms with Gasteiger partial charge in [-0.05, 0) is 12.1 Å². The molecule has 1 aromatic carbocycles. The first-order chi connectivity index (χ1) is 22.1. The van der Waals surface area contributed by atoms with Crippen LogP contribution in [0.2, 0.25) is 0 Å². The molecule has 45 heavy (non-hydrogen) atoms. The fraction of sp³-hybridized carbons (Fsp3) is 0.700. The van der Waals surface area contributed by atoms with Gasteiger partial charge in [0.1, 0.15) is 6.61 Å². The minimum atomic E-state index is -1.00. The number of carboxylic acid groups (broad SMARTS) is 1. The van der Waals surface area contributed by atoms with E-state index in [0.29, 0.717) is 123 Å². The molecule has 0 atom stereocenters. The molecule has 0 spiro atoms. The Morgan fingerprint density at radius 2 is 0.733 bits per heavy atom. The molecule has 0 aliphatic carbocycles. The van der Waals surface area contributed by atoms with Crippen LogP contribution >= 0.6 is 0 Å². The van der Waals surface area contributed by atoms with Gasteiger partial charge in [-0.15, -0.1) is 0 Å². The van der Waals surface area contributed by atoms with Crippen molar-refractivity contribution in [3.63, 3.8) is 0 Å². The molecule has 0 bridgehead atoms. The van der Waals surface area contributed by atoms with Crippen molar-refractivity contribution in [3.05, 3.63) is 35.4 Å². The Balaban J connectivity index is 1.19. The number of nitrogens with zero attached hydrogens (tertiary/aromatic N) is 1. The molecule has 15 nitrogen and oxygen atoms in total. The van der Waals surface area contributed by atoms with E-state index >= 15 is 0 Å². The molecule has 1 aliphatic rings. The zero-order valence-electron chi connectivity index (χ0n) is 25.9. The Morgan fingerprint density at radius 3 is 1.02 bits per heavy atom. The average molecular weight is 646 g/mol. The number of ether oxygens (including phenoxy) is 10. The third-order valence-electron chi connectivity index (χ3n) is 5.91. The van der Waals surface area contributed by atoms with Crippen LogP contribution in [0.1, 0.15) is 20.7 Å². The first-order valence-corrected chi connectivity index (χ1v) is 15.1. The first kappa shape index (κ1) is 38.6. The maximum absolute atomic E-state index is 12.3. The van der Waals surface area contributed by atoms with Crippen LogP contribution in [0.25, 0.3) is 0 Å². The number of aliphatic carboxylic acids is 1. The van der Waals surface area contributed by atoms with Gasteiger partial charge in [-0.25, -0.2) is 4.79 Å². The fourth-order valence-corrected chi connectivity index (χ4v) is 3.74. The van der Waals surface area contributed by atoms with E-state index in [-0.39, 0.29) is 38.2 Å². The Labute approximate surface area is 263 Å². The molecule has 0 radical (unpaired) electrons. The number of rotatable bonds is 32. The predicted octanol–water partition coefficient (Wildman–Crippen LogP) is 0.533. The lowest BCUT2D eigenvalue weighted by molar-refractivity contribution is -0.142. The molecule has 0 saturated carbocycles. The third kappa shape index (κ3) is 18.9. The summed E-state index contributed by atoms with van der Waals surface area (Å²) in [6, 6.07) is 6.80. The van der Waals surface area contributed by atoms with Crippen molar-refractivity contribution in [1.82, 2.24) is 4.90 Å². The number of carbonyl (C=O) groups is 3. The number of carbonyl (C=O) groups excluding carboxylic acids is 2. The molecule has 0 saturated heterocycles. The standard InChI is InChI=1S/C30H47NO14/c32-28(33)25-45-24-23-44-22-21-43-20-19-42-18-17-41-16-15-40-14-13-39-12-11-38-10-9-37-8-7-36-6-5-31-29(34)26-3-1-2-4-27(26)30(31)35/h1-4H,5-25H2,(H,32,33).